The van der Waals surface area contributed by atoms with Gasteiger partial charge in [0.1, 0.15) is 5.82 Å². The van der Waals surface area contributed by atoms with Gasteiger partial charge >= 0.3 is 0 Å². The SMILES string of the molecule is Cc1c(F)ccc2sc(NC(=O)c3ccc4c(c3)CCC(=O)N4C)nc12. The van der Waals surface area contributed by atoms with E-state index in [-0.39, 0.29) is 17.6 Å². The molecule has 0 radical (unpaired) electrons. The molecule has 4 rings (SSSR count). The Labute approximate surface area is 153 Å². The molecular formula is C19H16FN3O2S. The van der Waals surface area contributed by atoms with E-state index in [0.29, 0.717) is 34.6 Å². The third kappa shape index (κ3) is 2.74. The summed E-state index contributed by atoms with van der Waals surface area (Å²) in [5, 5.41) is 3.22. The van der Waals surface area contributed by atoms with Crippen LogP contribution >= 0.6 is 11.3 Å². The van der Waals surface area contributed by atoms with Gasteiger partial charge in [-0.3, -0.25) is 14.9 Å². The molecule has 2 amide bonds. The van der Waals surface area contributed by atoms with Gasteiger partial charge in [-0.2, -0.15) is 0 Å². The number of thiazole rings is 1. The van der Waals surface area contributed by atoms with E-state index in [2.05, 4.69) is 10.3 Å². The van der Waals surface area contributed by atoms with Gasteiger partial charge in [-0.15, -0.1) is 0 Å². The summed E-state index contributed by atoms with van der Waals surface area (Å²) in [7, 11) is 1.74. The van der Waals surface area contributed by atoms with E-state index in [9.17, 15) is 14.0 Å². The maximum absolute atomic E-state index is 13.7. The Balaban J connectivity index is 1.61. The molecule has 1 aromatic heterocycles. The van der Waals surface area contributed by atoms with E-state index in [1.54, 1.807) is 37.1 Å². The first kappa shape index (κ1) is 16.7. The van der Waals surface area contributed by atoms with E-state index in [1.165, 1.54) is 17.4 Å². The number of aromatic nitrogens is 1. The van der Waals surface area contributed by atoms with Crippen LogP contribution in [-0.2, 0) is 11.2 Å². The minimum absolute atomic E-state index is 0.0757. The molecule has 26 heavy (non-hydrogen) atoms. The maximum Gasteiger partial charge on any atom is 0.257 e. The van der Waals surface area contributed by atoms with Crippen LogP contribution in [0.15, 0.2) is 30.3 Å². The number of amides is 2. The number of nitrogens with zero attached hydrogens (tertiary/aromatic N) is 2. The Kier molecular flexibility index (Phi) is 3.96. The fraction of sp³-hybridized carbons (Fsp3) is 0.211. The quantitative estimate of drug-likeness (QED) is 0.745. The molecule has 0 fully saturated rings. The molecule has 0 atom stereocenters. The summed E-state index contributed by atoms with van der Waals surface area (Å²) in [6.45, 7) is 1.67. The summed E-state index contributed by atoms with van der Waals surface area (Å²) in [6, 6.07) is 8.37. The molecule has 2 heterocycles. The predicted octanol–water partition coefficient (Wildman–Crippen LogP) is 3.91. The number of hydrogen-bond acceptors (Lipinski definition) is 4. The van der Waals surface area contributed by atoms with Gasteiger partial charge in [0, 0.05) is 30.3 Å². The fourth-order valence-corrected chi connectivity index (χ4v) is 4.04. The molecule has 3 aromatic rings. The average molecular weight is 369 g/mol. The second-order valence-corrected chi connectivity index (χ2v) is 7.32. The Morgan fingerprint density at radius 2 is 2.08 bits per heavy atom. The van der Waals surface area contributed by atoms with Gasteiger partial charge in [-0.25, -0.2) is 9.37 Å². The van der Waals surface area contributed by atoms with Crippen molar-refractivity contribution < 1.29 is 14.0 Å². The van der Waals surface area contributed by atoms with Gasteiger partial charge in [0.15, 0.2) is 5.13 Å². The number of aryl methyl sites for hydroxylation is 2. The summed E-state index contributed by atoms with van der Waals surface area (Å²) < 4.78 is 14.5. The van der Waals surface area contributed by atoms with E-state index < -0.39 is 0 Å². The summed E-state index contributed by atoms with van der Waals surface area (Å²) in [5.74, 6) is -0.509. The lowest BCUT2D eigenvalue weighted by molar-refractivity contribution is -0.118. The molecule has 5 nitrogen and oxygen atoms in total. The summed E-state index contributed by atoms with van der Waals surface area (Å²) in [5.41, 5.74) is 3.36. The van der Waals surface area contributed by atoms with Crippen LogP contribution in [0.5, 0.6) is 0 Å². The van der Waals surface area contributed by atoms with Crippen molar-refractivity contribution in [3.8, 4) is 0 Å². The smallest absolute Gasteiger partial charge is 0.257 e. The Bertz CT molecular complexity index is 1060. The molecule has 2 aromatic carbocycles. The van der Waals surface area contributed by atoms with Crippen molar-refractivity contribution in [2.45, 2.75) is 19.8 Å². The van der Waals surface area contributed by atoms with Gasteiger partial charge in [0.05, 0.1) is 10.2 Å². The summed E-state index contributed by atoms with van der Waals surface area (Å²) in [4.78, 5) is 30.3. The van der Waals surface area contributed by atoms with Gasteiger partial charge in [0.2, 0.25) is 5.91 Å². The Morgan fingerprint density at radius 3 is 2.88 bits per heavy atom. The maximum atomic E-state index is 13.7. The van der Waals surface area contributed by atoms with E-state index in [0.717, 1.165) is 16.0 Å². The number of halogens is 1. The minimum Gasteiger partial charge on any atom is -0.315 e. The number of benzene rings is 2. The van der Waals surface area contributed by atoms with Gasteiger partial charge in [-0.1, -0.05) is 11.3 Å². The van der Waals surface area contributed by atoms with E-state index in [1.807, 2.05) is 6.07 Å². The zero-order valence-corrected chi connectivity index (χ0v) is 15.1. The minimum atomic E-state index is -0.311. The number of nitrogens with one attached hydrogen (secondary N) is 1. The van der Waals surface area contributed by atoms with E-state index >= 15 is 0 Å². The highest BCUT2D eigenvalue weighted by Gasteiger charge is 2.22. The summed E-state index contributed by atoms with van der Waals surface area (Å²) >= 11 is 1.31. The topological polar surface area (TPSA) is 62.3 Å². The highest BCUT2D eigenvalue weighted by molar-refractivity contribution is 7.22. The van der Waals surface area contributed by atoms with Crippen LogP contribution in [0, 0.1) is 12.7 Å². The van der Waals surface area contributed by atoms with Crippen LogP contribution in [0.4, 0.5) is 15.2 Å². The third-order valence-corrected chi connectivity index (χ3v) is 5.59. The molecule has 1 aliphatic heterocycles. The molecule has 0 bridgehead atoms. The van der Waals surface area contributed by atoms with Crippen LogP contribution in [-0.4, -0.2) is 23.8 Å². The molecular weight excluding hydrogens is 353 g/mol. The highest BCUT2D eigenvalue weighted by atomic mass is 32.1. The second kappa shape index (κ2) is 6.17. The predicted molar refractivity (Wildman–Crippen MR) is 100 cm³/mol. The van der Waals surface area contributed by atoms with Crippen LogP contribution in [0.2, 0.25) is 0 Å². The Morgan fingerprint density at radius 1 is 1.27 bits per heavy atom. The van der Waals surface area contributed by atoms with Crippen molar-refractivity contribution in [3.05, 3.63) is 52.8 Å². The van der Waals surface area contributed by atoms with E-state index in [4.69, 9.17) is 0 Å². The summed E-state index contributed by atoms with van der Waals surface area (Å²) in [6.07, 6.45) is 1.07. The number of hydrogen-bond donors (Lipinski definition) is 1. The molecule has 0 unspecified atom stereocenters. The normalized spacial score (nSPS) is 13.8. The number of carbonyl (C=O) groups is 2. The molecule has 0 saturated heterocycles. The fourth-order valence-electron chi connectivity index (χ4n) is 3.12. The number of carbonyl (C=O) groups excluding carboxylic acids is 2. The van der Waals surface area contributed by atoms with Crippen molar-refractivity contribution in [1.29, 1.82) is 0 Å². The molecule has 0 aliphatic carbocycles. The molecule has 0 spiro atoms. The van der Waals surface area contributed by atoms with Crippen molar-refractivity contribution >= 4 is 44.2 Å². The molecule has 1 aliphatic rings. The first-order chi connectivity index (χ1) is 12.4. The van der Waals surface area contributed by atoms with Crippen molar-refractivity contribution in [1.82, 2.24) is 4.98 Å². The van der Waals surface area contributed by atoms with Crippen molar-refractivity contribution in [2.24, 2.45) is 0 Å². The van der Waals surface area contributed by atoms with Crippen LogP contribution in [0.1, 0.15) is 27.9 Å². The first-order valence-corrected chi connectivity index (χ1v) is 9.02. The lowest BCUT2D eigenvalue weighted by Gasteiger charge is -2.25. The molecule has 1 N–H and O–H groups in total. The van der Waals surface area contributed by atoms with Crippen molar-refractivity contribution in [3.63, 3.8) is 0 Å². The highest BCUT2D eigenvalue weighted by Crippen LogP contribution is 2.31. The lowest BCUT2D eigenvalue weighted by Crippen LogP contribution is -2.31. The monoisotopic (exact) mass is 369 g/mol. The molecule has 132 valence electrons. The second-order valence-electron chi connectivity index (χ2n) is 6.29. The number of rotatable bonds is 2. The molecule has 0 saturated carbocycles. The third-order valence-electron chi connectivity index (χ3n) is 4.65. The lowest BCUT2D eigenvalue weighted by atomic mass is 9.99. The molecule has 7 heteroatoms. The van der Waals surface area contributed by atoms with Gasteiger partial charge < -0.3 is 4.90 Å². The number of anilines is 2. The standard InChI is InChI=1S/C19H16FN3O2S/c1-10-13(20)5-7-15-17(10)21-19(26-15)22-18(25)12-3-6-14-11(9-12)4-8-16(24)23(14)2/h3,5-7,9H,4,8H2,1-2H3,(H,21,22,25). The van der Waals surface area contributed by atoms with Crippen LogP contribution in [0.25, 0.3) is 10.2 Å². The first-order valence-electron chi connectivity index (χ1n) is 8.20. The van der Waals surface area contributed by atoms with Gasteiger partial charge in [0.25, 0.3) is 5.91 Å². The zero-order valence-electron chi connectivity index (χ0n) is 14.3. The van der Waals surface area contributed by atoms with Crippen LogP contribution in [0.3, 0.4) is 0 Å². The average Bonchev–Trinajstić information content (AvgIpc) is 3.04. The van der Waals surface area contributed by atoms with Crippen LogP contribution < -0.4 is 10.2 Å². The Hall–Kier alpha value is -2.80. The zero-order chi connectivity index (χ0) is 18.4. The number of fused-ring (bicyclic) bond motifs is 2. The largest absolute Gasteiger partial charge is 0.315 e. The van der Waals surface area contributed by atoms with Gasteiger partial charge in [-0.05, 0) is 49.2 Å². The van der Waals surface area contributed by atoms with Crippen molar-refractivity contribution in [2.75, 3.05) is 17.3 Å².